The molecule has 0 amide bonds. The van der Waals surface area contributed by atoms with Gasteiger partial charge < -0.3 is 4.74 Å². The van der Waals surface area contributed by atoms with Crippen LogP contribution in [0.15, 0.2) is 18.2 Å². The maximum Gasteiger partial charge on any atom is 0.573 e. The van der Waals surface area contributed by atoms with Crippen molar-refractivity contribution < 1.29 is 26.7 Å². The summed E-state index contributed by atoms with van der Waals surface area (Å²) >= 11 is 0. The summed E-state index contributed by atoms with van der Waals surface area (Å²) in [5, 5.41) is 0. The fourth-order valence-corrected chi connectivity index (χ4v) is 0.877. The van der Waals surface area contributed by atoms with Crippen LogP contribution >= 0.6 is 0 Å². The molecule has 0 aromatic heterocycles. The predicted molar refractivity (Wildman–Crippen MR) is 37.9 cm³/mol. The van der Waals surface area contributed by atoms with Crippen molar-refractivity contribution in [2.24, 2.45) is 0 Å². The smallest absolute Gasteiger partial charge is 0.405 e. The Kier molecular flexibility index (Phi) is 2.93. The molecule has 1 nitrogen and oxygen atoms in total. The van der Waals surface area contributed by atoms with Gasteiger partial charge in [-0.05, 0) is 18.2 Å². The van der Waals surface area contributed by atoms with E-state index in [9.17, 15) is 22.0 Å². The first kappa shape index (κ1) is 10.7. The van der Waals surface area contributed by atoms with E-state index in [1.165, 1.54) is 0 Å². The van der Waals surface area contributed by atoms with Gasteiger partial charge in [0.1, 0.15) is 18.2 Å². The summed E-state index contributed by atoms with van der Waals surface area (Å²) in [6.07, 6.45) is -4.90. The molecule has 0 N–H and O–H groups in total. The lowest BCUT2D eigenvalue weighted by molar-refractivity contribution is -0.275. The molecule has 1 aromatic carbocycles. The van der Waals surface area contributed by atoms with Crippen LogP contribution in [-0.2, 0) is 6.67 Å². The predicted octanol–water partition coefficient (Wildman–Crippen LogP) is 3.19. The van der Waals surface area contributed by atoms with E-state index in [0.717, 1.165) is 12.1 Å². The second-order valence-electron chi connectivity index (χ2n) is 2.43. The van der Waals surface area contributed by atoms with E-state index in [2.05, 4.69) is 4.74 Å². The third-order valence-corrected chi connectivity index (χ3v) is 1.39. The number of benzene rings is 1. The second-order valence-corrected chi connectivity index (χ2v) is 2.43. The molecular weight excluding hydrogens is 207 g/mol. The molecule has 0 fully saturated rings. The molecule has 0 spiro atoms. The number of ether oxygens (including phenoxy) is 1. The highest BCUT2D eigenvalue weighted by Crippen LogP contribution is 2.27. The van der Waals surface area contributed by atoms with Crippen molar-refractivity contribution in [1.82, 2.24) is 0 Å². The summed E-state index contributed by atoms with van der Waals surface area (Å²) in [5.74, 6) is -1.53. The molecule has 0 aliphatic rings. The molecule has 0 aliphatic carbocycles. The van der Waals surface area contributed by atoms with Crippen molar-refractivity contribution in [2.45, 2.75) is 13.0 Å². The van der Waals surface area contributed by atoms with Crippen LogP contribution in [0, 0.1) is 5.82 Å². The minimum Gasteiger partial charge on any atom is -0.405 e. The van der Waals surface area contributed by atoms with E-state index in [1.54, 1.807) is 0 Å². The van der Waals surface area contributed by atoms with Gasteiger partial charge in [-0.2, -0.15) is 0 Å². The first-order chi connectivity index (χ1) is 6.42. The highest BCUT2D eigenvalue weighted by molar-refractivity contribution is 5.33. The molecule has 1 aromatic rings. The highest BCUT2D eigenvalue weighted by Gasteiger charge is 2.32. The molecule has 0 aliphatic heterocycles. The molecule has 0 saturated carbocycles. The molecule has 1 rings (SSSR count). The van der Waals surface area contributed by atoms with Gasteiger partial charge in [0.25, 0.3) is 0 Å². The van der Waals surface area contributed by atoms with Gasteiger partial charge in [-0.25, -0.2) is 8.78 Å². The van der Waals surface area contributed by atoms with E-state index < -0.39 is 30.2 Å². The van der Waals surface area contributed by atoms with Gasteiger partial charge in [-0.3, -0.25) is 0 Å². The van der Waals surface area contributed by atoms with E-state index in [1.807, 2.05) is 0 Å². The molecule has 0 atom stereocenters. The van der Waals surface area contributed by atoms with Gasteiger partial charge in [0.05, 0.1) is 0 Å². The zero-order valence-electron chi connectivity index (χ0n) is 6.74. The van der Waals surface area contributed by atoms with E-state index in [4.69, 9.17) is 0 Å². The fraction of sp³-hybridized carbons (Fsp3) is 0.250. The first-order valence-electron chi connectivity index (χ1n) is 3.52. The fourth-order valence-electron chi connectivity index (χ4n) is 0.877. The minimum absolute atomic E-state index is 0.470. The first-order valence-corrected chi connectivity index (χ1v) is 3.52. The second kappa shape index (κ2) is 3.81. The monoisotopic (exact) mass is 212 g/mol. The van der Waals surface area contributed by atoms with Crippen LogP contribution in [0.1, 0.15) is 5.56 Å². The number of hydrogen-bond donors (Lipinski definition) is 0. The SMILES string of the molecule is FCc1cc(F)ccc1OC(F)(F)F. The Morgan fingerprint density at radius 3 is 2.36 bits per heavy atom. The highest BCUT2D eigenvalue weighted by atomic mass is 19.4. The molecule has 0 bridgehead atoms. The molecule has 14 heavy (non-hydrogen) atoms. The van der Waals surface area contributed by atoms with Crippen LogP contribution in [0.5, 0.6) is 5.75 Å². The van der Waals surface area contributed by atoms with Gasteiger partial charge in [0.2, 0.25) is 0 Å². The van der Waals surface area contributed by atoms with Crippen molar-refractivity contribution in [3.63, 3.8) is 0 Å². The van der Waals surface area contributed by atoms with Crippen LogP contribution < -0.4 is 4.74 Å². The van der Waals surface area contributed by atoms with E-state index in [-0.39, 0.29) is 0 Å². The van der Waals surface area contributed by atoms with E-state index >= 15 is 0 Å². The number of alkyl halides is 4. The average molecular weight is 212 g/mol. The molecule has 78 valence electrons. The Balaban J connectivity index is 2.97. The Hall–Kier alpha value is -1.33. The number of rotatable bonds is 2. The molecule has 6 heteroatoms. The lowest BCUT2D eigenvalue weighted by atomic mass is 10.2. The van der Waals surface area contributed by atoms with Crippen molar-refractivity contribution in [1.29, 1.82) is 0 Å². The van der Waals surface area contributed by atoms with Crippen LogP contribution in [0.3, 0.4) is 0 Å². The molecule has 0 radical (unpaired) electrons. The van der Waals surface area contributed by atoms with E-state index in [0.29, 0.717) is 6.07 Å². The number of halogens is 5. The summed E-state index contributed by atoms with van der Waals surface area (Å²) < 4.78 is 63.2. The van der Waals surface area contributed by atoms with Crippen LogP contribution in [0.2, 0.25) is 0 Å². The lowest BCUT2D eigenvalue weighted by Gasteiger charge is -2.11. The number of hydrogen-bond acceptors (Lipinski definition) is 1. The molecule has 0 unspecified atom stereocenters. The van der Waals surface area contributed by atoms with Crippen LogP contribution in [0.4, 0.5) is 22.0 Å². The van der Waals surface area contributed by atoms with Gasteiger partial charge in [0, 0.05) is 5.56 Å². The van der Waals surface area contributed by atoms with Crippen LogP contribution in [-0.4, -0.2) is 6.36 Å². The summed E-state index contributed by atoms with van der Waals surface area (Å²) in [5.41, 5.74) is -0.470. The maximum absolute atomic E-state index is 12.5. The lowest BCUT2D eigenvalue weighted by Crippen LogP contribution is -2.18. The summed E-state index contributed by atoms with van der Waals surface area (Å²) in [4.78, 5) is 0. The van der Waals surface area contributed by atoms with Crippen molar-refractivity contribution in [3.8, 4) is 5.75 Å². The topological polar surface area (TPSA) is 9.23 Å². The zero-order valence-corrected chi connectivity index (χ0v) is 6.74. The standard InChI is InChI=1S/C8H5F5O/c9-4-5-3-6(10)1-2-7(5)14-8(11,12)13/h1-3H,4H2. The van der Waals surface area contributed by atoms with Gasteiger partial charge in [-0.15, -0.1) is 13.2 Å². The van der Waals surface area contributed by atoms with Crippen LogP contribution in [0.25, 0.3) is 0 Å². The van der Waals surface area contributed by atoms with Crippen molar-refractivity contribution in [3.05, 3.63) is 29.6 Å². The summed E-state index contributed by atoms with van der Waals surface area (Å²) in [7, 11) is 0. The van der Waals surface area contributed by atoms with Crippen molar-refractivity contribution in [2.75, 3.05) is 0 Å². The Morgan fingerprint density at radius 2 is 1.86 bits per heavy atom. The molecule has 0 saturated heterocycles. The van der Waals surface area contributed by atoms with Crippen molar-refractivity contribution >= 4 is 0 Å². The Morgan fingerprint density at radius 1 is 1.21 bits per heavy atom. The normalized spacial score (nSPS) is 11.5. The van der Waals surface area contributed by atoms with Gasteiger partial charge >= 0.3 is 6.36 Å². The largest absolute Gasteiger partial charge is 0.573 e. The minimum atomic E-state index is -4.90. The van der Waals surface area contributed by atoms with Gasteiger partial charge in [0.15, 0.2) is 0 Å². The summed E-state index contributed by atoms with van der Waals surface area (Å²) in [6, 6.07) is 2.15. The quantitative estimate of drug-likeness (QED) is 0.684. The maximum atomic E-state index is 12.5. The molecular formula is C8H5F5O. The Labute approximate surface area is 76.1 Å². The van der Waals surface area contributed by atoms with Gasteiger partial charge in [-0.1, -0.05) is 0 Å². The average Bonchev–Trinajstić information content (AvgIpc) is 2.06. The third kappa shape index (κ3) is 2.86. The summed E-state index contributed by atoms with van der Waals surface area (Å²) in [6.45, 7) is -1.22. The Bertz CT molecular complexity index is 320. The zero-order chi connectivity index (χ0) is 10.8. The molecule has 0 heterocycles. The third-order valence-electron chi connectivity index (χ3n) is 1.39.